The van der Waals surface area contributed by atoms with Crippen LogP contribution in [0.2, 0.25) is 0 Å². The van der Waals surface area contributed by atoms with E-state index in [-0.39, 0.29) is 38.3 Å². The first-order valence-electron chi connectivity index (χ1n) is 7.44. The van der Waals surface area contributed by atoms with Crippen LogP contribution in [0.5, 0.6) is 0 Å². The lowest BCUT2D eigenvalue weighted by Crippen LogP contribution is -2.49. The summed E-state index contributed by atoms with van der Waals surface area (Å²) < 4.78 is 54.6. The molecule has 0 aromatic carbocycles. The zero-order chi connectivity index (χ0) is 18.4. The van der Waals surface area contributed by atoms with Crippen LogP contribution in [0, 0.1) is 0 Å². The minimum absolute atomic E-state index is 0.0644. The maximum Gasteiger partial charge on any atom is 0.282 e. The van der Waals surface area contributed by atoms with Gasteiger partial charge in [0.05, 0.1) is 6.61 Å². The van der Waals surface area contributed by atoms with Gasteiger partial charge < -0.3 is 5.11 Å². The van der Waals surface area contributed by atoms with Crippen LogP contribution in [0.1, 0.15) is 27.7 Å². The van der Waals surface area contributed by atoms with Crippen molar-refractivity contribution >= 4 is 20.4 Å². The van der Waals surface area contributed by atoms with Gasteiger partial charge in [0.25, 0.3) is 20.4 Å². The molecule has 0 radical (unpaired) electrons. The fraction of sp³-hybridized carbons (Fsp3) is 1.00. The second-order valence-corrected chi connectivity index (χ2v) is 9.55. The molecule has 0 aliphatic carbocycles. The molecular weight excluding hydrogens is 344 g/mol. The van der Waals surface area contributed by atoms with E-state index in [4.69, 9.17) is 5.11 Å². The first kappa shape index (κ1) is 22.7. The first-order valence-corrected chi connectivity index (χ1v) is 10.3. The Kier molecular flexibility index (Phi) is 9.13. The predicted octanol–water partition coefficient (Wildman–Crippen LogP) is -0.960. The summed E-state index contributed by atoms with van der Waals surface area (Å²) in [4.78, 5) is 0. The number of rotatable bonds is 11. The Morgan fingerprint density at radius 1 is 0.913 bits per heavy atom. The van der Waals surface area contributed by atoms with E-state index >= 15 is 0 Å². The minimum atomic E-state index is -3.76. The molecule has 0 unspecified atom stereocenters. The Hall–Kier alpha value is -0.300. The molecule has 0 rings (SSSR count). The van der Waals surface area contributed by atoms with Crippen molar-refractivity contribution in [2.24, 2.45) is 0 Å². The fourth-order valence-electron chi connectivity index (χ4n) is 1.58. The summed E-state index contributed by atoms with van der Waals surface area (Å²) >= 11 is 0. The monoisotopic (exact) mass is 374 g/mol. The molecule has 2 N–H and O–H groups in total. The topological polar surface area (TPSA) is 110 Å². The summed E-state index contributed by atoms with van der Waals surface area (Å²) in [6.07, 6.45) is 0. The van der Waals surface area contributed by atoms with Crippen LogP contribution in [-0.4, -0.2) is 87.3 Å². The number of nitrogens with one attached hydrogen (secondary N) is 1. The van der Waals surface area contributed by atoms with Gasteiger partial charge in [0.2, 0.25) is 0 Å². The molecule has 11 heteroatoms. The highest BCUT2D eigenvalue weighted by Crippen LogP contribution is 2.09. The third-order valence-electron chi connectivity index (χ3n) is 3.52. The lowest BCUT2D eigenvalue weighted by molar-refractivity contribution is 0.244. The van der Waals surface area contributed by atoms with Crippen molar-refractivity contribution < 1.29 is 21.9 Å². The number of hydrogen-bond donors (Lipinski definition) is 2. The highest BCUT2D eigenvalue weighted by molar-refractivity contribution is 7.87. The van der Waals surface area contributed by atoms with Crippen molar-refractivity contribution in [3.8, 4) is 0 Å². The number of hydrogen-bond acceptors (Lipinski definition) is 5. The van der Waals surface area contributed by atoms with Gasteiger partial charge in [-0.1, -0.05) is 0 Å². The van der Waals surface area contributed by atoms with Gasteiger partial charge in [0.15, 0.2) is 0 Å². The molecule has 0 aromatic heterocycles. The Balaban J connectivity index is 4.94. The van der Waals surface area contributed by atoms with Crippen LogP contribution in [0.25, 0.3) is 0 Å². The van der Waals surface area contributed by atoms with E-state index < -0.39 is 20.4 Å². The van der Waals surface area contributed by atoms with Gasteiger partial charge in [-0.2, -0.15) is 29.8 Å². The molecule has 0 spiro atoms. The molecule has 0 atom stereocenters. The quantitative estimate of drug-likeness (QED) is 0.484. The van der Waals surface area contributed by atoms with Crippen molar-refractivity contribution in [3.05, 3.63) is 0 Å². The van der Waals surface area contributed by atoms with Crippen molar-refractivity contribution in [2.45, 2.75) is 39.8 Å². The summed E-state index contributed by atoms with van der Waals surface area (Å²) in [6, 6.07) is -0.457. The highest BCUT2D eigenvalue weighted by Gasteiger charge is 2.28. The van der Waals surface area contributed by atoms with Crippen molar-refractivity contribution in [1.29, 1.82) is 0 Å². The van der Waals surface area contributed by atoms with E-state index in [2.05, 4.69) is 4.72 Å². The third kappa shape index (κ3) is 6.61. The fourth-order valence-corrected chi connectivity index (χ4v) is 4.22. The van der Waals surface area contributed by atoms with Crippen LogP contribution in [0.3, 0.4) is 0 Å². The predicted molar refractivity (Wildman–Crippen MR) is 90.3 cm³/mol. The van der Waals surface area contributed by atoms with E-state index in [0.717, 1.165) is 8.61 Å². The number of aliphatic hydroxyl groups is 1. The highest BCUT2D eigenvalue weighted by atomic mass is 32.2. The molecule has 0 aromatic rings. The third-order valence-corrected chi connectivity index (χ3v) is 7.43. The normalized spacial score (nSPS) is 13.9. The maximum absolute atomic E-state index is 12.4. The molecule has 0 saturated carbocycles. The Labute approximate surface area is 140 Å². The molecule has 0 saturated heterocycles. The average molecular weight is 375 g/mol. The molecule has 0 aliphatic rings. The van der Waals surface area contributed by atoms with E-state index in [1.165, 1.54) is 18.4 Å². The van der Waals surface area contributed by atoms with E-state index in [1.807, 2.05) is 0 Å². The number of aliphatic hydroxyl groups excluding tert-OH is 1. The van der Waals surface area contributed by atoms with Crippen LogP contribution in [0.15, 0.2) is 0 Å². The van der Waals surface area contributed by atoms with Crippen molar-refractivity contribution in [3.63, 3.8) is 0 Å². The second kappa shape index (κ2) is 9.25. The van der Waals surface area contributed by atoms with Crippen LogP contribution in [-0.2, 0) is 20.4 Å². The number of nitrogens with zero attached hydrogens (tertiary/aromatic N) is 3. The van der Waals surface area contributed by atoms with E-state index in [9.17, 15) is 16.8 Å². The van der Waals surface area contributed by atoms with Gasteiger partial charge in [0, 0.05) is 45.8 Å². The molecule has 0 fully saturated rings. The maximum atomic E-state index is 12.4. The smallest absolute Gasteiger partial charge is 0.282 e. The molecule has 140 valence electrons. The molecule has 0 bridgehead atoms. The molecule has 0 aliphatic heterocycles. The first-order chi connectivity index (χ1) is 10.4. The minimum Gasteiger partial charge on any atom is -0.395 e. The summed E-state index contributed by atoms with van der Waals surface area (Å²) in [7, 11) is -4.53. The standard InChI is InChI=1S/C12H30N4O5S2/c1-11(2)14(5)22(18,19)13-7-8-16(9-10-17)23(20,21)15(6)12(3)4/h11-13,17H,7-10H2,1-6H3. The summed E-state index contributed by atoms with van der Waals surface area (Å²) in [5, 5.41) is 9.07. The zero-order valence-corrected chi connectivity index (χ0v) is 16.4. The molecule has 9 nitrogen and oxygen atoms in total. The molecule has 0 heterocycles. The van der Waals surface area contributed by atoms with Gasteiger partial charge in [-0.15, -0.1) is 0 Å². The Morgan fingerprint density at radius 3 is 1.78 bits per heavy atom. The Bertz CT molecular complexity index is 548. The lowest BCUT2D eigenvalue weighted by atomic mass is 10.4. The zero-order valence-electron chi connectivity index (χ0n) is 14.7. The van der Waals surface area contributed by atoms with Gasteiger partial charge in [-0.25, -0.2) is 4.72 Å². The van der Waals surface area contributed by atoms with Crippen molar-refractivity contribution in [2.75, 3.05) is 40.3 Å². The largest absolute Gasteiger partial charge is 0.395 e. The van der Waals surface area contributed by atoms with Crippen LogP contribution in [0.4, 0.5) is 0 Å². The van der Waals surface area contributed by atoms with Crippen LogP contribution < -0.4 is 4.72 Å². The van der Waals surface area contributed by atoms with E-state index in [1.54, 1.807) is 27.7 Å². The van der Waals surface area contributed by atoms with Crippen LogP contribution >= 0.6 is 0 Å². The Morgan fingerprint density at radius 2 is 1.39 bits per heavy atom. The van der Waals surface area contributed by atoms with Crippen molar-refractivity contribution in [1.82, 2.24) is 17.6 Å². The second-order valence-electron chi connectivity index (χ2n) is 5.75. The summed E-state index contributed by atoms with van der Waals surface area (Å²) in [5.41, 5.74) is 0. The van der Waals surface area contributed by atoms with Gasteiger partial charge in [-0.3, -0.25) is 0 Å². The molecule has 23 heavy (non-hydrogen) atoms. The van der Waals surface area contributed by atoms with Gasteiger partial charge in [-0.05, 0) is 27.7 Å². The molecule has 0 amide bonds. The van der Waals surface area contributed by atoms with E-state index in [0.29, 0.717) is 0 Å². The summed E-state index contributed by atoms with van der Waals surface area (Å²) in [6.45, 7) is 6.35. The SMILES string of the molecule is CC(C)N(C)S(=O)(=O)NCCN(CCO)S(=O)(=O)N(C)C(C)C. The van der Waals surface area contributed by atoms with Gasteiger partial charge >= 0.3 is 0 Å². The van der Waals surface area contributed by atoms with Gasteiger partial charge in [0.1, 0.15) is 0 Å². The average Bonchev–Trinajstić information content (AvgIpc) is 2.44. The molecular formula is C12H30N4O5S2. The summed E-state index contributed by atoms with van der Waals surface area (Å²) in [5.74, 6) is 0. The lowest BCUT2D eigenvalue weighted by Gasteiger charge is -2.29.